The van der Waals surface area contributed by atoms with Crippen LogP contribution in [-0.4, -0.2) is 50.9 Å². The monoisotopic (exact) mass is 364 g/mol. The second-order valence-electron chi connectivity index (χ2n) is 5.75. The molecule has 0 spiro atoms. The van der Waals surface area contributed by atoms with Gasteiger partial charge in [0.15, 0.2) is 0 Å². The summed E-state index contributed by atoms with van der Waals surface area (Å²) in [6.45, 7) is 4.80. The molecule has 3 aromatic rings. The Morgan fingerprint density at radius 2 is 1.96 bits per heavy atom. The number of ether oxygens (including phenoxy) is 1. The Morgan fingerprint density at radius 3 is 2.62 bits per heavy atom. The smallest absolute Gasteiger partial charge is 0.230 e. The summed E-state index contributed by atoms with van der Waals surface area (Å²) in [5, 5.41) is 15.7. The first-order valence-electron chi connectivity index (χ1n) is 7.76. The van der Waals surface area contributed by atoms with Crippen molar-refractivity contribution >= 4 is 27.9 Å². The second kappa shape index (κ2) is 6.33. The first kappa shape index (κ1) is 15.8. The summed E-state index contributed by atoms with van der Waals surface area (Å²) in [5.74, 6) is 0.805. The van der Waals surface area contributed by atoms with Gasteiger partial charge in [0.05, 0.1) is 24.1 Å². The fourth-order valence-electron chi connectivity index (χ4n) is 3.03. The Labute approximate surface area is 148 Å². The van der Waals surface area contributed by atoms with Crippen LogP contribution in [-0.2, 0) is 4.74 Å². The highest BCUT2D eigenvalue weighted by Crippen LogP contribution is 2.40. The van der Waals surface area contributed by atoms with Gasteiger partial charge in [-0.05, 0) is 24.6 Å². The Kier molecular flexibility index (Phi) is 4.17. The Morgan fingerprint density at radius 1 is 1.25 bits per heavy atom. The van der Waals surface area contributed by atoms with E-state index < -0.39 is 0 Å². The zero-order valence-corrected chi connectivity index (χ0v) is 14.7. The SMILES string of the molecule is Cc1nc2sc([C@H](c3ccc(Cl)cc3)N3CCOCC3)c(O)n2n1. The number of thiazole rings is 1. The van der Waals surface area contributed by atoms with Crippen molar-refractivity contribution in [2.75, 3.05) is 26.3 Å². The molecule has 24 heavy (non-hydrogen) atoms. The van der Waals surface area contributed by atoms with Crippen LogP contribution in [0.15, 0.2) is 24.3 Å². The standard InChI is InChI=1S/C16H17ClN4O2S/c1-10-18-16-21(19-10)15(22)14(24-16)13(20-6-8-23-9-7-20)11-2-4-12(17)5-3-11/h2-5,13,22H,6-9H2,1H3/t13-/m0/s1. The molecule has 0 unspecified atom stereocenters. The summed E-state index contributed by atoms with van der Waals surface area (Å²) in [4.78, 5) is 8.23. The van der Waals surface area contributed by atoms with Gasteiger partial charge in [0.2, 0.25) is 10.8 Å². The molecule has 0 radical (unpaired) electrons. The number of morpholine rings is 1. The number of hydrogen-bond acceptors (Lipinski definition) is 6. The van der Waals surface area contributed by atoms with Gasteiger partial charge in [0.1, 0.15) is 5.82 Å². The molecule has 2 aromatic heterocycles. The number of halogens is 1. The van der Waals surface area contributed by atoms with Crippen LogP contribution < -0.4 is 0 Å². The van der Waals surface area contributed by atoms with E-state index in [1.54, 1.807) is 0 Å². The summed E-state index contributed by atoms with van der Waals surface area (Å²) >= 11 is 7.51. The number of nitrogens with zero attached hydrogens (tertiary/aromatic N) is 4. The maximum Gasteiger partial charge on any atom is 0.230 e. The van der Waals surface area contributed by atoms with Crippen molar-refractivity contribution in [1.29, 1.82) is 0 Å². The third kappa shape index (κ3) is 2.77. The van der Waals surface area contributed by atoms with Crippen LogP contribution in [0.5, 0.6) is 5.88 Å². The van der Waals surface area contributed by atoms with E-state index in [0.717, 1.165) is 23.5 Å². The molecule has 0 bridgehead atoms. The van der Waals surface area contributed by atoms with E-state index in [1.807, 2.05) is 31.2 Å². The van der Waals surface area contributed by atoms with Crippen molar-refractivity contribution in [3.63, 3.8) is 0 Å². The molecule has 8 heteroatoms. The molecule has 3 heterocycles. The van der Waals surface area contributed by atoms with Crippen LogP contribution >= 0.6 is 22.9 Å². The summed E-state index contributed by atoms with van der Waals surface area (Å²) in [6, 6.07) is 7.69. The maximum atomic E-state index is 10.7. The average molecular weight is 365 g/mol. The third-order valence-corrected chi connectivity index (χ3v) is 5.48. The Hall–Kier alpha value is -1.67. The molecular formula is C16H17ClN4O2S. The van der Waals surface area contributed by atoms with Crippen LogP contribution in [0, 0.1) is 6.92 Å². The Bertz CT molecular complexity index is 855. The average Bonchev–Trinajstić information content (AvgIpc) is 3.09. The minimum Gasteiger partial charge on any atom is -0.492 e. The number of aromatic nitrogens is 3. The molecule has 1 saturated heterocycles. The molecule has 0 aliphatic carbocycles. The van der Waals surface area contributed by atoms with Crippen LogP contribution in [0.25, 0.3) is 4.96 Å². The highest BCUT2D eigenvalue weighted by molar-refractivity contribution is 7.17. The molecule has 1 aliphatic heterocycles. The second-order valence-corrected chi connectivity index (χ2v) is 7.19. The van der Waals surface area contributed by atoms with E-state index in [0.29, 0.717) is 29.0 Å². The van der Waals surface area contributed by atoms with Gasteiger partial charge in [-0.25, -0.2) is 4.98 Å². The van der Waals surface area contributed by atoms with Crippen molar-refractivity contribution in [2.24, 2.45) is 0 Å². The van der Waals surface area contributed by atoms with E-state index in [4.69, 9.17) is 16.3 Å². The molecule has 126 valence electrons. The summed E-state index contributed by atoms with van der Waals surface area (Å²) < 4.78 is 6.99. The minimum absolute atomic E-state index is 0.0695. The van der Waals surface area contributed by atoms with E-state index in [9.17, 15) is 5.11 Å². The molecule has 4 rings (SSSR count). The number of benzene rings is 1. The molecule has 1 aliphatic rings. The van der Waals surface area contributed by atoms with Gasteiger partial charge in [-0.2, -0.15) is 4.52 Å². The molecule has 0 saturated carbocycles. The zero-order chi connectivity index (χ0) is 16.7. The van der Waals surface area contributed by atoms with Crippen molar-refractivity contribution in [3.05, 3.63) is 45.6 Å². The molecule has 6 nitrogen and oxygen atoms in total. The van der Waals surface area contributed by atoms with Gasteiger partial charge in [-0.15, -0.1) is 5.10 Å². The van der Waals surface area contributed by atoms with E-state index >= 15 is 0 Å². The first-order chi connectivity index (χ1) is 11.6. The summed E-state index contributed by atoms with van der Waals surface area (Å²) in [6.07, 6.45) is 0. The van der Waals surface area contributed by atoms with Gasteiger partial charge in [0.25, 0.3) is 0 Å². The lowest BCUT2D eigenvalue weighted by molar-refractivity contribution is 0.0241. The fraction of sp³-hybridized carbons (Fsp3) is 0.375. The van der Waals surface area contributed by atoms with Crippen molar-refractivity contribution in [2.45, 2.75) is 13.0 Å². The molecule has 0 amide bonds. The van der Waals surface area contributed by atoms with E-state index in [2.05, 4.69) is 15.0 Å². The van der Waals surface area contributed by atoms with Crippen molar-refractivity contribution < 1.29 is 9.84 Å². The largest absolute Gasteiger partial charge is 0.492 e. The highest BCUT2D eigenvalue weighted by atomic mass is 35.5. The van der Waals surface area contributed by atoms with Gasteiger partial charge in [-0.1, -0.05) is 35.1 Å². The van der Waals surface area contributed by atoms with Crippen LogP contribution in [0.1, 0.15) is 22.3 Å². The molecule has 1 fully saturated rings. The molecule has 1 N–H and O–H groups in total. The number of fused-ring (bicyclic) bond motifs is 1. The van der Waals surface area contributed by atoms with E-state index in [-0.39, 0.29) is 11.9 Å². The predicted molar refractivity (Wildman–Crippen MR) is 93.0 cm³/mol. The molecule has 1 aromatic carbocycles. The third-order valence-electron chi connectivity index (χ3n) is 4.15. The predicted octanol–water partition coefficient (Wildman–Crippen LogP) is 2.88. The quantitative estimate of drug-likeness (QED) is 0.774. The van der Waals surface area contributed by atoms with Gasteiger partial charge in [-0.3, -0.25) is 4.90 Å². The summed E-state index contributed by atoms with van der Waals surface area (Å²) in [5.41, 5.74) is 1.08. The van der Waals surface area contributed by atoms with Crippen LogP contribution in [0.2, 0.25) is 5.02 Å². The molecule has 1 atom stereocenters. The van der Waals surface area contributed by atoms with Crippen LogP contribution in [0.4, 0.5) is 0 Å². The number of rotatable bonds is 3. The van der Waals surface area contributed by atoms with Gasteiger partial charge < -0.3 is 9.84 Å². The molecular weight excluding hydrogens is 348 g/mol. The lowest BCUT2D eigenvalue weighted by Crippen LogP contribution is -2.39. The minimum atomic E-state index is -0.0695. The number of hydrogen-bond donors (Lipinski definition) is 1. The lowest BCUT2D eigenvalue weighted by Gasteiger charge is -2.34. The van der Waals surface area contributed by atoms with Crippen molar-refractivity contribution in [1.82, 2.24) is 19.5 Å². The first-order valence-corrected chi connectivity index (χ1v) is 8.95. The normalized spacial score (nSPS) is 17.4. The topological polar surface area (TPSA) is 62.9 Å². The van der Waals surface area contributed by atoms with Crippen molar-refractivity contribution in [3.8, 4) is 5.88 Å². The van der Waals surface area contributed by atoms with Crippen LogP contribution in [0.3, 0.4) is 0 Å². The van der Waals surface area contributed by atoms with Gasteiger partial charge in [0, 0.05) is 18.1 Å². The highest BCUT2D eigenvalue weighted by Gasteiger charge is 2.30. The maximum absolute atomic E-state index is 10.7. The summed E-state index contributed by atoms with van der Waals surface area (Å²) in [7, 11) is 0. The Balaban J connectivity index is 1.82. The number of aromatic hydroxyl groups is 1. The van der Waals surface area contributed by atoms with Gasteiger partial charge >= 0.3 is 0 Å². The zero-order valence-electron chi connectivity index (χ0n) is 13.1. The lowest BCUT2D eigenvalue weighted by atomic mass is 10.0. The fourth-order valence-corrected chi connectivity index (χ4v) is 4.32. The van der Waals surface area contributed by atoms with E-state index in [1.165, 1.54) is 15.9 Å². The number of aryl methyl sites for hydroxylation is 1.